The number of ether oxygens (including phenoxy) is 1. The van der Waals surface area contributed by atoms with E-state index >= 15 is 0 Å². The van der Waals surface area contributed by atoms with Gasteiger partial charge in [0, 0.05) is 43.5 Å². The molecule has 1 unspecified atom stereocenters. The maximum absolute atomic E-state index is 12.2. The molecule has 1 amide bonds. The molecule has 1 fully saturated rings. The van der Waals surface area contributed by atoms with Crippen LogP contribution in [-0.2, 0) is 4.74 Å². The number of nitrogens with zero attached hydrogens (tertiary/aromatic N) is 1. The standard InChI is InChI=1S/C16H25N3O2/c1-3-17-15-6-4-14(5-7-15)16(20)18-13(2)12-19-8-10-21-11-9-19/h4-7,13,17H,3,8-12H2,1-2H3,(H,18,20). The van der Waals surface area contributed by atoms with Crippen LogP contribution in [0.1, 0.15) is 24.2 Å². The number of nitrogens with one attached hydrogen (secondary N) is 2. The molecular weight excluding hydrogens is 266 g/mol. The average Bonchev–Trinajstić information content (AvgIpc) is 2.49. The van der Waals surface area contributed by atoms with Gasteiger partial charge in [0.2, 0.25) is 0 Å². The number of anilines is 1. The lowest BCUT2D eigenvalue weighted by Gasteiger charge is -2.29. The zero-order chi connectivity index (χ0) is 15.1. The van der Waals surface area contributed by atoms with Gasteiger partial charge in [0.15, 0.2) is 0 Å². The molecule has 1 saturated heterocycles. The fourth-order valence-electron chi connectivity index (χ4n) is 2.47. The van der Waals surface area contributed by atoms with Gasteiger partial charge in [-0.05, 0) is 38.1 Å². The molecule has 0 spiro atoms. The summed E-state index contributed by atoms with van der Waals surface area (Å²) in [6, 6.07) is 7.71. The lowest BCUT2D eigenvalue weighted by molar-refractivity contribution is 0.0342. The van der Waals surface area contributed by atoms with Crippen LogP contribution in [0.5, 0.6) is 0 Å². The number of morpholine rings is 1. The second-order valence-corrected chi connectivity index (χ2v) is 5.40. The van der Waals surface area contributed by atoms with E-state index in [9.17, 15) is 4.79 Å². The van der Waals surface area contributed by atoms with E-state index < -0.39 is 0 Å². The van der Waals surface area contributed by atoms with E-state index in [1.807, 2.05) is 38.1 Å². The highest BCUT2D eigenvalue weighted by Crippen LogP contribution is 2.09. The van der Waals surface area contributed by atoms with Crippen LogP contribution in [-0.4, -0.2) is 56.2 Å². The number of hydrogen-bond acceptors (Lipinski definition) is 4. The average molecular weight is 291 g/mol. The zero-order valence-corrected chi connectivity index (χ0v) is 12.9. The zero-order valence-electron chi connectivity index (χ0n) is 12.9. The Labute approximate surface area is 126 Å². The van der Waals surface area contributed by atoms with Gasteiger partial charge in [-0.25, -0.2) is 0 Å². The van der Waals surface area contributed by atoms with E-state index in [0.717, 1.165) is 45.1 Å². The van der Waals surface area contributed by atoms with Crippen LogP contribution < -0.4 is 10.6 Å². The molecule has 1 aromatic rings. The lowest BCUT2D eigenvalue weighted by atomic mass is 10.1. The fourth-order valence-corrected chi connectivity index (χ4v) is 2.47. The van der Waals surface area contributed by atoms with Crippen molar-refractivity contribution >= 4 is 11.6 Å². The van der Waals surface area contributed by atoms with Gasteiger partial charge in [-0.1, -0.05) is 0 Å². The first-order valence-electron chi connectivity index (χ1n) is 7.64. The van der Waals surface area contributed by atoms with E-state index in [4.69, 9.17) is 4.74 Å². The molecule has 1 aliphatic heterocycles. The number of rotatable bonds is 6. The van der Waals surface area contributed by atoms with E-state index in [2.05, 4.69) is 15.5 Å². The van der Waals surface area contributed by atoms with Crippen molar-refractivity contribution in [2.45, 2.75) is 19.9 Å². The summed E-state index contributed by atoms with van der Waals surface area (Å²) >= 11 is 0. The number of amides is 1. The predicted molar refractivity (Wildman–Crippen MR) is 84.8 cm³/mol. The van der Waals surface area contributed by atoms with E-state index in [-0.39, 0.29) is 11.9 Å². The summed E-state index contributed by atoms with van der Waals surface area (Å²) < 4.78 is 5.33. The van der Waals surface area contributed by atoms with Crippen LogP contribution in [0, 0.1) is 0 Å². The molecule has 2 N–H and O–H groups in total. The first-order valence-corrected chi connectivity index (χ1v) is 7.64. The van der Waals surface area contributed by atoms with Gasteiger partial charge in [-0.3, -0.25) is 9.69 Å². The van der Waals surface area contributed by atoms with Gasteiger partial charge in [0.05, 0.1) is 13.2 Å². The molecule has 1 aromatic carbocycles. The minimum absolute atomic E-state index is 0.0150. The van der Waals surface area contributed by atoms with Crippen molar-refractivity contribution in [1.29, 1.82) is 0 Å². The molecule has 0 bridgehead atoms. The predicted octanol–water partition coefficient (Wildman–Crippen LogP) is 1.57. The van der Waals surface area contributed by atoms with Gasteiger partial charge in [-0.2, -0.15) is 0 Å². The Hall–Kier alpha value is -1.59. The first-order chi connectivity index (χ1) is 10.2. The molecule has 1 heterocycles. The highest BCUT2D eigenvalue weighted by atomic mass is 16.5. The highest BCUT2D eigenvalue weighted by molar-refractivity contribution is 5.94. The second kappa shape index (κ2) is 8.00. The minimum atomic E-state index is -0.0150. The van der Waals surface area contributed by atoms with Crippen molar-refractivity contribution in [3.8, 4) is 0 Å². The summed E-state index contributed by atoms with van der Waals surface area (Å²) in [6.07, 6.45) is 0. The summed E-state index contributed by atoms with van der Waals surface area (Å²) in [5.41, 5.74) is 1.74. The molecule has 0 saturated carbocycles. The number of benzene rings is 1. The highest BCUT2D eigenvalue weighted by Gasteiger charge is 2.15. The summed E-state index contributed by atoms with van der Waals surface area (Å²) in [7, 11) is 0. The molecule has 5 heteroatoms. The molecule has 0 radical (unpaired) electrons. The summed E-state index contributed by atoms with van der Waals surface area (Å²) in [5.74, 6) is -0.0150. The van der Waals surface area contributed by atoms with Crippen molar-refractivity contribution < 1.29 is 9.53 Å². The third-order valence-corrected chi connectivity index (χ3v) is 3.54. The largest absolute Gasteiger partial charge is 0.385 e. The Morgan fingerprint density at radius 3 is 2.57 bits per heavy atom. The van der Waals surface area contributed by atoms with Gasteiger partial charge in [-0.15, -0.1) is 0 Å². The first kappa shape index (κ1) is 15.8. The van der Waals surface area contributed by atoms with E-state index in [0.29, 0.717) is 5.56 Å². The maximum atomic E-state index is 12.2. The molecule has 1 aliphatic rings. The van der Waals surface area contributed by atoms with Gasteiger partial charge >= 0.3 is 0 Å². The van der Waals surface area contributed by atoms with Crippen molar-refractivity contribution in [2.75, 3.05) is 44.7 Å². The number of carbonyl (C=O) groups is 1. The number of hydrogen-bond donors (Lipinski definition) is 2. The Balaban J connectivity index is 1.82. The van der Waals surface area contributed by atoms with Crippen molar-refractivity contribution in [2.24, 2.45) is 0 Å². The smallest absolute Gasteiger partial charge is 0.251 e. The molecule has 0 aliphatic carbocycles. The lowest BCUT2D eigenvalue weighted by Crippen LogP contribution is -2.46. The topological polar surface area (TPSA) is 53.6 Å². The summed E-state index contributed by atoms with van der Waals surface area (Å²) in [5, 5.41) is 6.27. The third kappa shape index (κ3) is 5.02. The molecule has 116 valence electrons. The second-order valence-electron chi connectivity index (χ2n) is 5.40. The van der Waals surface area contributed by atoms with Crippen LogP contribution in [0.4, 0.5) is 5.69 Å². The molecule has 21 heavy (non-hydrogen) atoms. The SMILES string of the molecule is CCNc1ccc(C(=O)NC(C)CN2CCOCC2)cc1. The Kier molecular flexibility index (Phi) is 6.02. The number of carbonyl (C=O) groups excluding carboxylic acids is 1. The van der Waals surface area contributed by atoms with E-state index in [1.165, 1.54) is 0 Å². The quantitative estimate of drug-likeness (QED) is 0.835. The molecule has 5 nitrogen and oxygen atoms in total. The minimum Gasteiger partial charge on any atom is -0.385 e. The van der Waals surface area contributed by atoms with Gasteiger partial charge in [0.25, 0.3) is 5.91 Å². The van der Waals surface area contributed by atoms with E-state index in [1.54, 1.807) is 0 Å². The molecule has 1 atom stereocenters. The van der Waals surface area contributed by atoms with Crippen LogP contribution in [0.2, 0.25) is 0 Å². The molecule has 0 aromatic heterocycles. The van der Waals surface area contributed by atoms with Gasteiger partial charge < -0.3 is 15.4 Å². The van der Waals surface area contributed by atoms with Crippen LogP contribution >= 0.6 is 0 Å². The maximum Gasteiger partial charge on any atom is 0.251 e. The summed E-state index contributed by atoms with van der Waals surface area (Å²) in [4.78, 5) is 14.5. The van der Waals surface area contributed by atoms with Crippen LogP contribution in [0.15, 0.2) is 24.3 Å². The Bertz CT molecular complexity index is 441. The third-order valence-electron chi connectivity index (χ3n) is 3.54. The fraction of sp³-hybridized carbons (Fsp3) is 0.562. The summed E-state index contributed by atoms with van der Waals surface area (Å²) in [6.45, 7) is 9.29. The van der Waals surface area contributed by atoms with Crippen molar-refractivity contribution in [3.63, 3.8) is 0 Å². The van der Waals surface area contributed by atoms with Crippen molar-refractivity contribution in [3.05, 3.63) is 29.8 Å². The Morgan fingerprint density at radius 2 is 1.95 bits per heavy atom. The monoisotopic (exact) mass is 291 g/mol. The van der Waals surface area contributed by atoms with Crippen molar-refractivity contribution in [1.82, 2.24) is 10.2 Å². The Morgan fingerprint density at radius 1 is 1.29 bits per heavy atom. The normalized spacial score (nSPS) is 17.2. The molecular formula is C16H25N3O2. The van der Waals surface area contributed by atoms with Crippen LogP contribution in [0.3, 0.4) is 0 Å². The molecule has 2 rings (SSSR count). The van der Waals surface area contributed by atoms with Crippen LogP contribution in [0.25, 0.3) is 0 Å². The van der Waals surface area contributed by atoms with Gasteiger partial charge in [0.1, 0.15) is 0 Å².